The van der Waals surface area contributed by atoms with Crippen molar-refractivity contribution < 1.29 is 14.3 Å². The summed E-state index contributed by atoms with van der Waals surface area (Å²) in [7, 11) is 0. The molecule has 126 valence electrons. The molecule has 1 N–H and O–H groups in total. The summed E-state index contributed by atoms with van der Waals surface area (Å²) in [5.41, 5.74) is 0.323. The van der Waals surface area contributed by atoms with Crippen molar-refractivity contribution >= 4 is 46.8 Å². The number of hydrogen-bond acceptors (Lipinski definition) is 4. The summed E-state index contributed by atoms with van der Waals surface area (Å²) in [6.45, 7) is 3.57. The topological polar surface area (TPSA) is 79.2 Å². The van der Waals surface area contributed by atoms with Crippen LogP contribution < -0.4 is 5.32 Å². The number of nitrogens with zero attached hydrogens (tertiary/aromatic N) is 1. The van der Waals surface area contributed by atoms with Crippen LogP contribution in [-0.2, 0) is 14.3 Å². The van der Waals surface area contributed by atoms with E-state index >= 15 is 0 Å². The van der Waals surface area contributed by atoms with E-state index in [0.717, 1.165) is 0 Å². The maximum absolute atomic E-state index is 12.2. The van der Waals surface area contributed by atoms with Crippen LogP contribution in [-0.4, -0.2) is 22.8 Å². The lowest BCUT2D eigenvalue weighted by atomic mass is 10.1. The van der Waals surface area contributed by atoms with Gasteiger partial charge in [0.05, 0.1) is 12.0 Å². The van der Waals surface area contributed by atoms with E-state index in [4.69, 9.17) is 33.2 Å². The molecule has 1 aliphatic rings. The average molecular weight is 367 g/mol. The second kappa shape index (κ2) is 6.84. The van der Waals surface area contributed by atoms with Crippen molar-refractivity contribution in [1.82, 2.24) is 0 Å². The van der Waals surface area contributed by atoms with Crippen LogP contribution in [0.25, 0.3) is 6.08 Å². The Morgan fingerprint density at radius 3 is 2.42 bits per heavy atom. The Morgan fingerprint density at radius 2 is 1.96 bits per heavy atom. The van der Waals surface area contributed by atoms with Gasteiger partial charge in [-0.3, -0.25) is 4.79 Å². The third-order valence-electron chi connectivity index (χ3n) is 3.85. The summed E-state index contributed by atoms with van der Waals surface area (Å²) in [6, 6.07) is 8.49. The average Bonchev–Trinajstić information content (AvgIpc) is 3.06. The highest BCUT2D eigenvalue weighted by atomic mass is 35.5. The van der Waals surface area contributed by atoms with Crippen LogP contribution in [0.4, 0.5) is 5.69 Å². The summed E-state index contributed by atoms with van der Waals surface area (Å²) in [6.07, 6.45) is 1.83. The summed E-state index contributed by atoms with van der Waals surface area (Å²) in [5, 5.41) is 11.8. The summed E-state index contributed by atoms with van der Waals surface area (Å²) >= 11 is 12.0. The number of ether oxygens (including phenoxy) is 1. The first-order valence-electron chi connectivity index (χ1n) is 7.32. The lowest BCUT2D eigenvalue weighted by Crippen LogP contribution is -2.25. The van der Waals surface area contributed by atoms with Gasteiger partial charge in [-0.15, -0.1) is 23.2 Å². The van der Waals surface area contributed by atoms with Crippen LogP contribution in [0.3, 0.4) is 0 Å². The van der Waals surface area contributed by atoms with E-state index in [1.54, 1.807) is 44.2 Å². The van der Waals surface area contributed by atoms with Gasteiger partial charge in [-0.05, 0) is 44.0 Å². The van der Waals surface area contributed by atoms with E-state index in [-0.39, 0.29) is 18.1 Å². The van der Waals surface area contributed by atoms with Gasteiger partial charge in [0.1, 0.15) is 16.0 Å². The lowest BCUT2D eigenvalue weighted by Gasteiger charge is -2.12. The van der Waals surface area contributed by atoms with Crippen molar-refractivity contribution in [3.05, 3.63) is 35.4 Å². The molecule has 0 aliphatic heterocycles. The third kappa shape index (κ3) is 3.72. The van der Waals surface area contributed by atoms with Crippen molar-refractivity contribution in [2.75, 3.05) is 11.9 Å². The molecular formula is C17H16Cl2N2O3. The molecule has 5 nitrogen and oxygen atoms in total. The molecule has 1 atom stereocenters. The maximum atomic E-state index is 12.2. The molecule has 1 saturated carbocycles. The molecule has 7 heteroatoms. The van der Waals surface area contributed by atoms with E-state index in [2.05, 4.69) is 5.32 Å². The highest BCUT2D eigenvalue weighted by Crippen LogP contribution is 2.64. The quantitative estimate of drug-likeness (QED) is 0.373. The van der Waals surface area contributed by atoms with Crippen LogP contribution in [0, 0.1) is 16.7 Å². The molecule has 24 heavy (non-hydrogen) atoms. The van der Waals surface area contributed by atoms with Crippen molar-refractivity contribution in [1.29, 1.82) is 5.26 Å². The molecule has 2 rings (SSSR count). The number of carbonyl (C=O) groups is 2. The number of halogens is 2. The van der Waals surface area contributed by atoms with Crippen LogP contribution in [0.15, 0.2) is 29.8 Å². The van der Waals surface area contributed by atoms with Crippen LogP contribution in [0.2, 0.25) is 0 Å². The zero-order valence-electron chi connectivity index (χ0n) is 13.2. The zero-order chi connectivity index (χ0) is 18.0. The highest BCUT2D eigenvalue weighted by molar-refractivity contribution is 6.53. The number of nitriles is 1. The SMILES string of the molecule is CCOC(=O)/C(C#N)=C\c1ccc(NC(=O)C2(C)CC2(Cl)Cl)cc1. The van der Waals surface area contributed by atoms with Crippen molar-refractivity contribution in [2.24, 2.45) is 5.41 Å². The molecule has 0 saturated heterocycles. The molecule has 0 bridgehead atoms. The molecule has 1 aliphatic carbocycles. The van der Waals surface area contributed by atoms with Gasteiger partial charge in [0, 0.05) is 5.69 Å². The molecule has 0 aromatic heterocycles. The smallest absolute Gasteiger partial charge is 0.348 e. The second-order valence-electron chi connectivity index (χ2n) is 5.68. The fraction of sp³-hybridized carbons (Fsp3) is 0.353. The predicted molar refractivity (Wildman–Crippen MR) is 92.5 cm³/mol. The Labute approximate surface area is 150 Å². The van der Waals surface area contributed by atoms with Crippen LogP contribution >= 0.6 is 23.2 Å². The van der Waals surface area contributed by atoms with E-state index in [0.29, 0.717) is 17.7 Å². The van der Waals surface area contributed by atoms with Gasteiger partial charge in [-0.2, -0.15) is 5.26 Å². The fourth-order valence-electron chi connectivity index (χ4n) is 2.09. The number of anilines is 1. The van der Waals surface area contributed by atoms with Gasteiger partial charge in [-0.25, -0.2) is 4.79 Å². The van der Waals surface area contributed by atoms with Crippen LogP contribution in [0.5, 0.6) is 0 Å². The Kier molecular flexibility index (Phi) is 5.22. The number of esters is 1. The largest absolute Gasteiger partial charge is 0.462 e. The molecule has 0 radical (unpaired) electrons. The molecule has 0 spiro atoms. The summed E-state index contributed by atoms with van der Waals surface area (Å²) in [4.78, 5) is 23.8. The number of amides is 1. The molecule has 1 unspecified atom stereocenters. The normalized spacial score (nSPS) is 21.5. The van der Waals surface area contributed by atoms with Gasteiger partial charge < -0.3 is 10.1 Å². The van der Waals surface area contributed by atoms with Gasteiger partial charge >= 0.3 is 5.97 Å². The molecule has 1 fully saturated rings. The van der Waals surface area contributed by atoms with Gasteiger partial charge in [0.2, 0.25) is 5.91 Å². The summed E-state index contributed by atoms with van der Waals surface area (Å²) < 4.78 is 3.77. The Hall–Kier alpha value is -2.03. The highest BCUT2D eigenvalue weighted by Gasteiger charge is 2.67. The monoisotopic (exact) mass is 366 g/mol. The first-order valence-corrected chi connectivity index (χ1v) is 8.07. The number of hydrogen-bond donors (Lipinski definition) is 1. The summed E-state index contributed by atoms with van der Waals surface area (Å²) in [5.74, 6) is -0.917. The minimum atomic E-state index is -1.03. The minimum absolute atomic E-state index is 0.0896. The van der Waals surface area contributed by atoms with E-state index in [1.807, 2.05) is 0 Å². The standard InChI is InChI=1S/C17H16Cl2N2O3/c1-3-24-14(22)12(9-20)8-11-4-6-13(7-5-11)21-15(23)16(2)10-17(16,18)19/h4-8H,3,10H2,1-2H3,(H,21,23)/b12-8-. The predicted octanol–water partition coefficient (Wildman–Crippen LogP) is 3.68. The van der Waals surface area contributed by atoms with E-state index in [1.165, 1.54) is 6.08 Å². The van der Waals surface area contributed by atoms with Gasteiger partial charge in [0.15, 0.2) is 0 Å². The Morgan fingerprint density at radius 1 is 1.38 bits per heavy atom. The van der Waals surface area contributed by atoms with Crippen molar-refractivity contribution in [2.45, 2.75) is 24.6 Å². The molecule has 1 amide bonds. The maximum Gasteiger partial charge on any atom is 0.348 e. The Balaban J connectivity index is 2.07. The van der Waals surface area contributed by atoms with E-state index < -0.39 is 15.7 Å². The van der Waals surface area contributed by atoms with Crippen LogP contribution in [0.1, 0.15) is 25.8 Å². The molecule has 0 heterocycles. The van der Waals surface area contributed by atoms with Gasteiger partial charge in [-0.1, -0.05) is 12.1 Å². The minimum Gasteiger partial charge on any atom is -0.462 e. The third-order valence-corrected chi connectivity index (χ3v) is 4.96. The van der Waals surface area contributed by atoms with Gasteiger partial charge in [0.25, 0.3) is 0 Å². The number of rotatable bonds is 5. The number of nitrogens with one attached hydrogen (secondary N) is 1. The molecular weight excluding hydrogens is 351 g/mol. The molecule has 1 aromatic rings. The first kappa shape index (κ1) is 18.3. The lowest BCUT2D eigenvalue weighted by molar-refractivity contribution is -0.137. The molecule has 1 aromatic carbocycles. The number of benzene rings is 1. The second-order valence-corrected chi connectivity index (χ2v) is 7.16. The van der Waals surface area contributed by atoms with Crippen molar-refractivity contribution in [3.63, 3.8) is 0 Å². The number of carbonyl (C=O) groups excluding carboxylic acids is 2. The number of alkyl halides is 2. The van der Waals surface area contributed by atoms with Crippen molar-refractivity contribution in [3.8, 4) is 6.07 Å². The first-order chi connectivity index (χ1) is 11.2. The zero-order valence-corrected chi connectivity index (χ0v) is 14.7. The van der Waals surface area contributed by atoms with E-state index in [9.17, 15) is 9.59 Å². The Bertz CT molecular complexity index is 735. The fourth-order valence-corrected chi connectivity index (χ4v) is 2.80.